The molecule has 1 aromatic heterocycles. The van der Waals surface area contributed by atoms with Crippen molar-refractivity contribution >= 4 is 39.1 Å². The molecule has 0 saturated carbocycles. The van der Waals surface area contributed by atoms with Gasteiger partial charge < -0.3 is 10.1 Å². The van der Waals surface area contributed by atoms with Gasteiger partial charge in [-0.2, -0.15) is 4.98 Å². The van der Waals surface area contributed by atoms with Gasteiger partial charge in [-0.1, -0.05) is 33.6 Å². The molecule has 2 heterocycles. The lowest BCUT2D eigenvalue weighted by molar-refractivity contribution is -0.124. The van der Waals surface area contributed by atoms with Gasteiger partial charge in [0, 0.05) is 10.0 Å². The Labute approximate surface area is 127 Å². The Bertz CT molecular complexity index is 711. The lowest BCUT2D eigenvalue weighted by Gasteiger charge is -2.25. The largest absolute Gasteiger partial charge is 0.458 e. The molecule has 0 bridgehead atoms. The van der Waals surface area contributed by atoms with Crippen LogP contribution in [0.5, 0.6) is 5.88 Å². The highest BCUT2D eigenvalue weighted by atomic mass is 79.9. The van der Waals surface area contributed by atoms with Crippen molar-refractivity contribution in [2.45, 2.75) is 6.10 Å². The van der Waals surface area contributed by atoms with E-state index < -0.39 is 17.8 Å². The number of hydrogen-bond acceptors (Lipinski definition) is 3. The minimum atomic E-state index is -1.10. The van der Waals surface area contributed by atoms with E-state index in [4.69, 9.17) is 16.3 Å². The molecule has 0 fully saturated rings. The topological polar surface area (TPSA) is 51.2 Å². The van der Waals surface area contributed by atoms with E-state index in [0.717, 1.165) is 0 Å². The lowest BCUT2D eigenvalue weighted by atomic mass is 10.1. The van der Waals surface area contributed by atoms with Gasteiger partial charge in [0.15, 0.2) is 0 Å². The Kier molecular flexibility index (Phi) is 3.35. The fraction of sp³-hybridized carbons (Fsp3) is 0.0769. The number of hydrogen-bond donors (Lipinski definition) is 1. The van der Waals surface area contributed by atoms with Gasteiger partial charge in [0.25, 0.3) is 5.91 Å². The SMILES string of the molecule is O=C1Nc2ccc(Cl)nc2OC1c1ccc(Br)cc1F. The number of nitrogens with one attached hydrogen (secondary N) is 1. The number of rotatable bonds is 1. The number of ether oxygens (including phenoxy) is 1. The molecular weight excluding hydrogens is 351 g/mol. The maximum Gasteiger partial charge on any atom is 0.270 e. The average Bonchev–Trinajstić information content (AvgIpc) is 2.39. The Morgan fingerprint density at radius 1 is 1.35 bits per heavy atom. The summed E-state index contributed by atoms with van der Waals surface area (Å²) in [5, 5.41) is 2.85. The molecular formula is C13H7BrClFN2O2. The molecule has 1 unspecified atom stereocenters. The van der Waals surface area contributed by atoms with Gasteiger partial charge in [-0.3, -0.25) is 4.79 Å². The van der Waals surface area contributed by atoms with Gasteiger partial charge in [-0.15, -0.1) is 0 Å². The van der Waals surface area contributed by atoms with Crippen molar-refractivity contribution in [2.75, 3.05) is 5.32 Å². The van der Waals surface area contributed by atoms with Gasteiger partial charge in [0.2, 0.25) is 12.0 Å². The molecule has 1 atom stereocenters. The Balaban J connectivity index is 2.01. The predicted molar refractivity (Wildman–Crippen MR) is 75.3 cm³/mol. The molecule has 0 aliphatic carbocycles. The van der Waals surface area contributed by atoms with Crippen molar-refractivity contribution in [1.29, 1.82) is 0 Å². The molecule has 4 nitrogen and oxygen atoms in total. The van der Waals surface area contributed by atoms with Crippen LogP contribution in [0.25, 0.3) is 0 Å². The van der Waals surface area contributed by atoms with E-state index in [0.29, 0.717) is 10.2 Å². The van der Waals surface area contributed by atoms with Crippen LogP contribution in [0.2, 0.25) is 5.15 Å². The fourth-order valence-electron chi connectivity index (χ4n) is 1.89. The lowest BCUT2D eigenvalue weighted by Crippen LogP contribution is -2.31. The van der Waals surface area contributed by atoms with E-state index in [2.05, 4.69) is 26.2 Å². The molecule has 0 spiro atoms. The van der Waals surface area contributed by atoms with Crippen LogP contribution < -0.4 is 10.1 Å². The third-order valence-electron chi connectivity index (χ3n) is 2.80. The van der Waals surface area contributed by atoms with Crippen molar-refractivity contribution in [1.82, 2.24) is 4.98 Å². The van der Waals surface area contributed by atoms with Crippen molar-refractivity contribution in [3.05, 3.63) is 51.3 Å². The van der Waals surface area contributed by atoms with Crippen LogP contribution in [0.3, 0.4) is 0 Å². The number of halogens is 3. The Morgan fingerprint density at radius 2 is 2.15 bits per heavy atom. The standard InChI is InChI=1S/C13H7BrClFN2O2/c14-6-1-2-7(8(16)5-6)11-12(19)17-9-3-4-10(15)18-13(9)20-11/h1-5,11H,(H,17,19). The zero-order valence-corrected chi connectivity index (χ0v) is 12.2. The van der Waals surface area contributed by atoms with Gasteiger partial charge in [-0.05, 0) is 24.3 Å². The first kappa shape index (κ1) is 13.3. The van der Waals surface area contributed by atoms with Crippen molar-refractivity contribution in [3.63, 3.8) is 0 Å². The maximum absolute atomic E-state index is 13.9. The highest BCUT2D eigenvalue weighted by Crippen LogP contribution is 2.35. The summed E-state index contributed by atoms with van der Waals surface area (Å²) in [6.07, 6.45) is -1.10. The second-order valence-electron chi connectivity index (χ2n) is 4.14. The molecule has 0 radical (unpaired) electrons. The Morgan fingerprint density at radius 3 is 2.90 bits per heavy atom. The first-order valence-electron chi connectivity index (χ1n) is 5.63. The number of pyridine rings is 1. The Hall–Kier alpha value is -1.66. The van der Waals surface area contributed by atoms with Gasteiger partial charge in [-0.25, -0.2) is 4.39 Å². The van der Waals surface area contributed by atoms with E-state index in [1.807, 2.05) is 0 Å². The number of anilines is 1. The minimum Gasteiger partial charge on any atom is -0.458 e. The molecule has 2 aromatic rings. The van der Waals surface area contributed by atoms with Gasteiger partial charge in [0.05, 0.1) is 0 Å². The number of benzene rings is 1. The van der Waals surface area contributed by atoms with E-state index in [1.165, 1.54) is 18.2 Å². The summed E-state index contributed by atoms with van der Waals surface area (Å²) in [4.78, 5) is 16.0. The van der Waals surface area contributed by atoms with Crippen molar-refractivity contribution in [2.24, 2.45) is 0 Å². The molecule has 3 rings (SSSR count). The zero-order valence-electron chi connectivity index (χ0n) is 9.86. The van der Waals surface area contributed by atoms with Crippen LogP contribution in [0.15, 0.2) is 34.8 Å². The van der Waals surface area contributed by atoms with Gasteiger partial charge >= 0.3 is 0 Å². The van der Waals surface area contributed by atoms with E-state index in [9.17, 15) is 9.18 Å². The van der Waals surface area contributed by atoms with E-state index >= 15 is 0 Å². The summed E-state index contributed by atoms with van der Waals surface area (Å²) in [5.74, 6) is -0.822. The minimum absolute atomic E-state index is 0.137. The maximum atomic E-state index is 13.9. The molecule has 1 N–H and O–H groups in total. The summed E-state index contributed by atoms with van der Waals surface area (Å²) in [7, 11) is 0. The molecule has 1 amide bonds. The van der Waals surface area contributed by atoms with E-state index in [1.54, 1.807) is 12.1 Å². The second kappa shape index (κ2) is 5.03. The highest BCUT2D eigenvalue weighted by molar-refractivity contribution is 9.10. The van der Waals surface area contributed by atoms with E-state index in [-0.39, 0.29) is 16.6 Å². The number of amides is 1. The number of nitrogens with zero attached hydrogens (tertiary/aromatic N) is 1. The highest BCUT2D eigenvalue weighted by Gasteiger charge is 2.32. The summed E-state index contributed by atoms with van der Waals surface area (Å²) in [6.45, 7) is 0. The van der Waals surface area contributed by atoms with Gasteiger partial charge in [0.1, 0.15) is 16.7 Å². The fourth-order valence-corrected chi connectivity index (χ4v) is 2.36. The molecule has 7 heteroatoms. The summed E-state index contributed by atoms with van der Waals surface area (Å²) < 4.78 is 20.0. The third kappa shape index (κ3) is 2.36. The molecule has 1 aliphatic heterocycles. The van der Waals surface area contributed by atoms with Crippen molar-refractivity contribution in [3.8, 4) is 5.88 Å². The molecule has 102 valence electrons. The number of carbonyl (C=O) groups is 1. The molecule has 0 saturated heterocycles. The molecule has 1 aromatic carbocycles. The summed E-state index contributed by atoms with van der Waals surface area (Å²) in [5.41, 5.74) is 0.547. The summed E-state index contributed by atoms with van der Waals surface area (Å²) in [6, 6.07) is 7.50. The van der Waals surface area contributed by atoms with Crippen LogP contribution in [-0.2, 0) is 4.79 Å². The predicted octanol–water partition coefficient (Wildman–Crippen LogP) is 3.71. The quantitative estimate of drug-likeness (QED) is 0.792. The monoisotopic (exact) mass is 356 g/mol. The average molecular weight is 358 g/mol. The first-order valence-corrected chi connectivity index (χ1v) is 6.81. The molecule has 20 heavy (non-hydrogen) atoms. The first-order chi connectivity index (χ1) is 9.54. The smallest absolute Gasteiger partial charge is 0.270 e. The van der Waals surface area contributed by atoms with Crippen LogP contribution >= 0.6 is 27.5 Å². The second-order valence-corrected chi connectivity index (χ2v) is 5.44. The van der Waals surface area contributed by atoms with Crippen LogP contribution in [-0.4, -0.2) is 10.9 Å². The normalized spacial score (nSPS) is 17.1. The zero-order chi connectivity index (χ0) is 14.3. The van der Waals surface area contributed by atoms with Crippen molar-refractivity contribution < 1.29 is 13.9 Å². The van der Waals surface area contributed by atoms with Crippen LogP contribution in [0, 0.1) is 5.82 Å². The number of aromatic nitrogens is 1. The van der Waals surface area contributed by atoms with Crippen LogP contribution in [0.4, 0.5) is 10.1 Å². The third-order valence-corrected chi connectivity index (χ3v) is 3.50. The molecule has 1 aliphatic rings. The van der Waals surface area contributed by atoms with Crippen LogP contribution in [0.1, 0.15) is 11.7 Å². The number of carbonyl (C=O) groups excluding carboxylic acids is 1. The summed E-state index contributed by atoms with van der Waals surface area (Å²) >= 11 is 8.93. The number of fused-ring (bicyclic) bond motifs is 1.